The Morgan fingerprint density at radius 1 is 0.773 bits per heavy atom. The molecule has 0 aromatic heterocycles. The van der Waals surface area contributed by atoms with Gasteiger partial charge in [-0.25, -0.2) is 21.6 Å². The molecule has 9 N–H and O–H groups in total. The molecule has 0 aliphatic carbocycles. The van der Waals surface area contributed by atoms with Crippen LogP contribution in [0.4, 0.5) is 24.5 Å². The fraction of sp³-hybridized carbons (Fsp3) is 0.358. The molecular formula is C53H54F3N7Na3O19PS2. The molecule has 0 saturated carbocycles. The van der Waals surface area contributed by atoms with Crippen molar-refractivity contribution in [2.45, 2.75) is 65.6 Å². The van der Waals surface area contributed by atoms with E-state index < -0.39 is 119 Å². The Bertz CT molecular complexity index is 3690. The molecule has 3 aliphatic rings. The molecule has 1 spiro atoms. The topological polar surface area (TPSA) is 422 Å². The number of aromatic carboxylic acids is 1. The van der Waals surface area contributed by atoms with Crippen LogP contribution in [0.15, 0.2) is 105 Å². The number of carbonyl (C=O) groups is 4. The number of alkyl halides is 3. The molecule has 0 bridgehead atoms. The summed E-state index contributed by atoms with van der Waals surface area (Å²) in [7, 11) is -14.9. The molecule has 3 aliphatic heterocycles. The number of nitrogen functional groups attached to an aromatic ring is 2. The van der Waals surface area contributed by atoms with Crippen molar-refractivity contribution in [3.05, 3.63) is 135 Å². The zero-order chi connectivity index (χ0) is 61.9. The minimum absolute atomic E-state index is 0. The van der Waals surface area contributed by atoms with Crippen LogP contribution in [-0.2, 0) is 50.3 Å². The maximum atomic E-state index is 14.0. The largest absolute Gasteiger partial charge is 1.00 e. The van der Waals surface area contributed by atoms with Gasteiger partial charge in [0.1, 0.15) is 42.4 Å². The fourth-order valence-corrected chi connectivity index (χ4v) is 12.9. The van der Waals surface area contributed by atoms with Crippen molar-refractivity contribution >= 4 is 62.7 Å². The van der Waals surface area contributed by atoms with Gasteiger partial charge in [-0.05, 0) is 85.5 Å². The first-order chi connectivity index (χ1) is 40.0. The first kappa shape index (κ1) is 74.2. The summed E-state index contributed by atoms with van der Waals surface area (Å²) >= 11 is 0. The van der Waals surface area contributed by atoms with E-state index in [2.05, 4.69) is 26.2 Å². The van der Waals surface area contributed by atoms with Crippen molar-refractivity contribution in [2.75, 3.05) is 76.5 Å². The quantitative estimate of drug-likeness (QED) is 0.00613. The number of anilines is 2. The number of carboxylic acid groups (broad SMARTS) is 1. The minimum atomic E-state index is -5.55. The van der Waals surface area contributed by atoms with Gasteiger partial charge in [0.2, 0.25) is 7.37 Å². The predicted molar refractivity (Wildman–Crippen MR) is 287 cm³/mol. The van der Waals surface area contributed by atoms with Crippen LogP contribution in [0.5, 0.6) is 17.2 Å². The van der Waals surface area contributed by atoms with Gasteiger partial charge >= 0.3 is 106 Å². The van der Waals surface area contributed by atoms with Crippen LogP contribution < -0.4 is 131 Å². The zero-order valence-corrected chi connectivity index (χ0v) is 56.2. The number of rotatable bonds is 28. The summed E-state index contributed by atoms with van der Waals surface area (Å²) in [6.45, 7) is 0.870. The van der Waals surface area contributed by atoms with E-state index >= 15 is 0 Å². The Hall–Kier alpha value is -4.58. The second-order valence-corrected chi connectivity index (χ2v) is 24.8. The minimum Gasteiger partial charge on any atom is -0.744 e. The van der Waals surface area contributed by atoms with Crippen LogP contribution in [-0.4, -0.2) is 137 Å². The SMILES string of the molecule is C[C@@H](NC[C@H](O)CP(=O)(O)CCCCCNC(=O)c1ccc(C2(C(F)(F)F)N=N2)cc1OCCOCCOCCNC(=O)c1cccc2c1C1(OC2=O)c2ccc(N)c(S(=O)(=O)[O-])c2Oc2c1ccc(N)c2S(=O)(=O)[O-])c1cccc(C(=O)[O-])c1.[Na+].[Na+].[Na+]. The van der Waals surface area contributed by atoms with Crippen molar-refractivity contribution in [1.82, 2.24) is 16.0 Å². The number of nitrogens with zero attached hydrogens (tertiary/aromatic N) is 2. The number of esters is 1. The molecule has 5 aromatic carbocycles. The summed E-state index contributed by atoms with van der Waals surface area (Å²) in [4.78, 5) is 60.4. The maximum absolute atomic E-state index is 14.0. The van der Waals surface area contributed by atoms with E-state index in [0.717, 1.165) is 42.5 Å². The molecule has 26 nitrogen and oxygen atoms in total. The van der Waals surface area contributed by atoms with Crippen molar-refractivity contribution in [3.63, 3.8) is 0 Å². The van der Waals surface area contributed by atoms with E-state index in [1.807, 2.05) is 0 Å². The monoisotopic (exact) mass is 1310 g/mol. The number of unbranched alkanes of at least 4 members (excludes halogenated alkanes) is 2. The second kappa shape index (κ2) is 30.2. The van der Waals surface area contributed by atoms with Gasteiger partial charge in [-0.1, -0.05) is 36.8 Å². The number of hydrogen-bond acceptors (Lipinski definition) is 23. The van der Waals surface area contributed by atoms with Gasteiger partial charge in [0, 0.05) is 59.7 Å². The molecule has 0 saturated heterocycles. The summed E-state index contributed by atoms with van der Waals surface area (Å²) in [5.41, 5.74) is 3.75. The molecule has 88 heavy (non-hydrogen) atoms. The van der Waals surface area contributed by atoms with E-state index in [9.17, 15) is 78.0 Å². The fourth-order valence-electron chi connectivity index (χ4n) is 9.75. The van der Waals surface area contributed by atoms with E-state index in [-0.39, 0.29) is 205 Å². The molecule has 3 atom stereocenters. The van der Waals surface area contributed by atoms with Crippen LogP contribution in [0.1, 0.15) is 101 Å². The number of amides is 2. The molecule has 2 amide bonds. The molecule has 3 heterocycles. The van der Waals surface area contributed by atoms with Crippen molar-refractivity contribution in [2.24, 2.45) is 10.2 Å². The Balaban J connectivity index is 0.00000470. The van der Waals surface area contributed by atoms with Crippen LogP contribution >= 0.6 is 7.37 Å². The third kappa shape index (κ3) is 16.5. The number of carbonyl (C=O) groups excluding carboxylic acids is 4. The molecule has 8 rings (SSSR count). The van der Waals surface area contributed by atoms with Gasteiger partial charge in [-0.3, -0.25) is 14.2 Å². The average molecular weight is 1310 g/mol. The smallest absolute Gasteiger partial charge is 0.744 e. The number of ether oxygens (including phenoxy) is 5. The number of fused-ring (bicyclic) bond motifs is 6. The Labute approximate surface area is 568 Å². The zero-order valence-electron chi connectivity index (χ0n) is 47.7. The Morgan fingerprint density at radius 2 is 1.35 bits per heavy atom. The van der Waals surface area contributed by atoms with Crippen molar-refractivity contribution < 1.29 is 190 Å². The van der Waals surface area contributed by atoms with Gasteiger partial charge in [0.05, 0.1) is 67.2 Å². The van der Waals surface area contributed by atoms with Crippen molar-refractivity contribution in [1.29, 1.82) is 0 Å². The van der Waals surface area contributed by atoms with Crippen LogP contribution in [0.2, 0.25) is 0 Å². The van der Waals surface area contributed by atoms with Crippen LogP contribution in [0.25, 0.3) is 0 Å². The normalized spacial score (nSPS) is 15.4. The summed E-state index contributed by atoms with van der Waals surface area (Å²) in [5.74, 6) is -6.03. The van der Waals surface area contributed by atoms with Crippen molar-refractivity contribution in [3.8, 4) is 17.2 Å². The van der Waals surface area contributed by atoms with E-state index in [1.165, 1.54) is 30.3 Å². The van der Waals surface area contributed by atoms with E-state index in [4.69, 9.17) is 35.2 Å². The first-order valence-corrected chi connectivity index (χ1v) is 30.7. The summed E-state index contributed by atoms with van der Waals surface area (Å²) in [6, 6.07) is 16.9. The Morgan fingerprint density at radius 3 is 1.94 bits per heavy atom. The molecule has 35 heteroatoms. The summed E-state index contributed by atoms with van der Waals surface area (Å²) in [5, 5.41) is 36.4. The average Bonchev–Trinajstić information content (AvgIpc) is 1.57. The van der Waals surface area contributed by atoms with Crippen LogP contribution in [0.3, 0.4) is 0 Å². The third-order valence-corrected chi connectivity index (χ3v) is 17.7. The van der Waals surface area contributed by atoms with Crippen LogP contribution in [0, 0.1) is 0 Å². The van der Waals surface area contributed by atoms with Gasteiger partial charge < -0.3 is 80.1 Å². The number of hydrogen-bond donors (Lipinski definition) is 7. The molecule has 456 valence electrons. The van der Waals surface area contributed by atoms with Gasteiger partial charge in [-0.2, -0.15) is 13.2 Å². The summed E-state index contributed by atoms with van der Waals surface area (Å²) < 4.78 is 159. The van der Waals surface area contributed by atoms with Gasteiger partial charge in [0.15, 0.2) is 17.1 Å². The molecular weight excluding hydrogens is 1260 g/mol. The van der Waals surface area contributed by atoms with E-state index in [0.29, 0.717) is 18.4 Å². The van der Waals surface area contributed by atoms with E-state index in [1.54, 1.807) is 19.1 Å². The number of nitrogens with two attached hydrogens (primary N) is 2. The second-order valence-electron chi connectivity index (χ2n) is 19.7. The molecule has 1 unspecified atom stereocenters. The number of nitrogens with one attached hydrogen (secondary N) is 3. The van der Waals surface area contributed by atoms with Gasteiger partial charge in [-0.15, -0.1) is 10.2 Å². The number of aliphatic hydroxyl groups is 1. The summed E-state index contributed by atoms with van der Waals surface area (Å²) in [6.07, 6.45) is -5.60. The number of benzene rings is 5. The molecule has 0 fully saturated rings. The number of aliphatic hydroxyl groups excluding tert-OH is 1. The molecule has 0 radical (unpaired) electrons. The molecule has 5 aromatic rings. The third-order valence-electron chi connectivity index (χ3n) is 13.8. The number of carboxylic acids is 1. The first-order valence-electron chi connectivity index (χ1n) is 25.9. The predicted octanol–water partition coefficient (Wildman–Crippen LogP) is -5.49. The standard InChI is InChI=1S/C53H57F3N7O19PS2.3Na/c1-29(30-7-5-8-31(25-30)49(67)68)61-27-33(64)28-83(70,71)24-4-2-3-17-59-47(65)34-12-11-32(52(62-63-52)53(54,55)56)26-41(34)80-23-22-79-21-20-78-19-18-60-48(66)35-9-6-10-36-42(35)51(82-50(36)69)37-13-15-39(57)45(84(72,73)74)43(37)81-44-38(51)14-16-40(58)46(44)85(75,76)77;;;/h5-16,25-26,29,33,61,64H,2-4,17-24,27-28,57-58H2,1H3,(H,59,65)(H,60,66)(H,67,68)(H,70,71)(H,72,73,74)(H,75,76,77);;;/q;3*+1/p-3/t29-,33+;;;/m1.../s1. The number of halogens is 3. The Kier molecular flexibility index (Phi) is 25.5. The van der Waals surface area contributed by atoms with Gasteiger partial charge in [0.25, 0.3) is 11.8 Å². The maximum Gasteiger partial charge on any atom is 1.00 e.